The number of nitrogens with one attached hydrogen (secondary N) is 1. The lowest BCUT2D eigenvalue weighted by Crippen LogP contribution is -2.22. The van der Waals surface area contributed by atoms with E-state index in [1.807, 2.05) is 24.3 Å². The molecule has 0 aliphatic carbocycles. The Morgan fingerprint density at radius 1 is 1.17 bits per heavy atom. The van der Waals surface area contributed by atoms with E-state index in [1.165, 1.54) is 12.0 Å². The highest BCUT2D eigenvalue weighted by atomic mass is 79.9. The van der Waals surface area contributed by atoms with Gasteiger partial charge in [-0.15, -0.1) is 5.10 Å². The number of carbonyl (C=O) groups is 2. The summed E-state index contributed by atoms with van der Waals surface area (Å²) in [6.45, 7) is 1.76. The maximum atomic E-state index is 12.8. The average molecular weight is 458 g/mol. The third-order valence-corrected chi connectivity index (χ3v) is 4.76. The molecule has 0 aliphatic heterocycles. The fourth-order valence-corrected chi connectivity index (χ4v) is 3.16. The van der Waals surface area contributed by atoms with Crippen LogP contribution in [0.4, 0.5) is 5.69 Å². The molecule has 0 fully saturated rings. The minimum atomic E-state index is -0.448. The summed E-state index contributed by atoms with van der Waals surface area (Å²) in [5.74, 6) is -0.192. The first-order valence-corrected chi connectivity index (χ1v) is 9.50. The number of aromatic nitrogens is 3. The molecule has 0 bridgehead atoms. The van der Waals surface area contributed by atoms with Gasteiger partial charge in [-0.25, -0.2) is 4.68 Å². The van der Waals surface area contributed by atoms with Gasteiger partial charge in [0.2, 0.25) is 0 Å². The SMILES string of the molecule is COc1ccc(C(=O)N(C)C)cc1NC(=O)c1nnn(-c2cccc(Br)c2)c1C. The van der Waals surface area contributed by atoms with Crippen LogP contribution >= 0.6 is 15.9 Å². The van der Waals surface area contributed by atoms with Gasteiger partial charge in [-0.1, -0.05) is 27.2 Å². The molecule has 1 N–H and O–H groups in total. The number of hydrogen-bond acceptors (Lipinski definition) is 5. The first-order valence-electron chi connectivity index (χ1n) is 8.71. The molecule has 2 amide bonds. The second-order valence-electron chi connectivity index (χ2n) is 6.48. The Morgan fingerprint density at radius 2 is 1.93 bits per heavy atom. The Balaban J connectivity index is 1.91. The van der Waals surface area contributed by atoms with Crippen molar-refractivity contribution < 1.29 is 14.3 Å². The topological polar surface area (TPSA) is 89.3 Å². The number of benzene rings is 2. The predicted octanol–water partition coefficient (Wildman–Crippen LogP) is 3.30. The number of amides is 2. The fourth-order valence-electron chi connectivity index (χ4n) is 2.77. The van der Waals surface area contributed by atoms with Gasteiger partial charge in [0, 0.05) is 24.1 Å². The standard InChI is InChI=1S/C20H20BrN5O3/c1-12-18(23-24-26(12)15-7-5-6-14(21)11-15)19(27)22-16-10-13(20(28)25(2)3)8-9-17(16)29-4/h5-11H,1-4H3,(H,22,27). The van der Waals surface area contributed by atoms with Gasteiger partial charge in [0.1, 0.15) is 5.75 Å². The summed E-state index contributed by atoms with van der Waals surface area (Å²) in [5, 5.41) is 10.9. The zero-order valence-electron chi connectivity index (χ0n) is 16.4. The maximum Gasteiger partial charge on any atom is 0.278 e. The number of hydrogen-bond donors (Lipinski definition) is 1. The molecule has 0 radical (unpaired) electrons. The van der Waals surface area contributed by atoms with Crippen LogP contribution in [0.5, 0.6) is 5.75 Å². The monoisotopic (exact) mass is 457 g/mol. The molecule has 1 heterocycles. The Kier molecular flexibility index (Phi) is 5.97. The van der Waals surface area contributed by atoms with Gasteiger partial charge >= 0.3 is 0 Å². The van der Waals surface area contributed by atoms with Gasteiger partial charge in [0.15, 0.2) is 5.69 Å². The summed E-state index contributed by atoms with van der Waals surface area (Å²) in [4.78, 5) is 26.5. The number of methoxy groups -OCH3 is 1. The van der Waals surface area contributed by atoms with Crippen LogP contribution < -0.4 is 10.1 Å². The quantitative estimate of drug-likeness (QED) is 0.634. The van der Waals surface area contributed by atoms with Crippen LogP contribution in [0.2, 0.25) is 0 Å². The van der Waals surface area contributed by atoms with Gasteiger partial charge in [-0.05, 0) is 43.3 Å². The van der Waals surface area contributed by atoms with E-state index in [1.54, 1.807) is 43.9 Å². The van der Waals surface area contributed by atoms with Gasteiger partial charge in [0.25, 0.3) is 11.8 Å². The molecule has 0 saturated carbocycles. The number of carbonyl (C=O) groups excluding carboxylic acids is 2. The van der Waals surface area contributed by atoms with Crippen LogP contribution in [0.15, 0.2) is 46.9 Å². The van der Waals surface area contributed by atoms with Crippen LogP contribution in [-0.2, 0) is 0 Å². The van der Waals surface area contributed by atoms with E-state index in [0.717, 1.165) is 10.2 Å². The van der Waals surface area contributed by atoms with Crippen LogP contribution in [0, 0.1) is 6.92 Å². The van der Waals surface area contributed by atoms with E-state index < -0.39 is 5.91 Å². The van der Waals surface area contributed by atoms with Crippen molar-refractivity contribution in [2.45, 2.75) is 6.92 Å². The lowest BCUT2D eigenvalue weighted by Gasteiger charge is -2.14. The van der Waals surface area contributed by atoms with E-state index in [4.69, 9.17) is 4.74 Å². The zero-order chi connectivity index (χ0) is 21.1. The first-order chi connectivity index (χ1) is 13.8. The molecule has 8 nitrogen and oxygen atoms in total. The van der Waals surface area contributed by atoms with Crippen LogP contribution in [0.25, 0.3) is 5.69 Å². The number of anilines is 1. The van der Waals surface area contributed by atoms with Crippen molar-refractivity contribution >= 4 is 33.4 Å². The van der Waals surface area contributed by atoms with E-state index in [0.29, 0.717) is 22.7 Å². The molecule has 0 saturated heterocycles. The largest absolute Gasteiger partial charge is 0.495 e. The molecular formula is C20H20BrN5O3. The Morgan fingerprint density at radius 3 is 2.59 bits per heavy atom. The van der Waals surface area contributed by atoms with Crippen molar-refractivity contribution in [3.8, 4) is 11.4 Å². The Bertz CT molecular complexity index is 1080. The fraction of sp³-hybridized carbons (Fsp3) is 0.200. The van der Waals surface area contributed by atoms with Crippen molar-refractivity contribution in [1.29, 1.82) is 0 Å². The van der Waals surface area contributed by atoms with E-state index >= 15 is 0 Å². The maximum absolute atomic E-state index is 12.8. The van der Waals surface area contributed by atoms with Gasteiger partial charge < -0.3 is 15.0 Å². The van der Waals surface area contributed by atoms with Crippen molar-refractivity contribution in [2.24, 2.45) is 0 Å². The molecule has 3 rings (SSSR count). The lowest BCUT2D eigenvalue weighted by molar-refractivity contribution is 0.0827. The molecular weight excluding hydrogens is 438 g/mol. The second-order valence-corrected chi connectivity index (χ2v) is 7.40. The molecule has 150 valence electrons. The van der Waals surface area contributed by atoms with E-state index in [9.17, 15) is 9.59 Å². The van der Waals surface area contributed by atoms with Gasteiger partial charge in [-0.2, -0.15) is 0 Å². The highest BCUT2D eigenvalue weighted by molar-refractivity contribution is 9.10. The molecule has 0 aliphatic rings. The summed E-state index contributed by atoms with van der Waals surface area (Å²) < 4.78 is 7.79. The first kappa shape index (κ1) is 20.5. The highest BCUT2D eigenvalue weighted by Gasteiger charge is 2.20. The number of nitrogens with zero attached hydrogens (tertiary/aromatic N) is 4. The molecule has 2 aromatic carbocycles. The smallest absolute Gasteiger partial charge is 0.278 e. The predicted molar refractivity (Wildman–Crippen MR) is 113 cm³/mol. The summed E-state index contributed by atoms with van der Waals surface area (Å²) in [6.07, 6.45) is 0. The lowest BCUT2D eigenvalue weighted by atomic mass is 10.1. The van der Waals surface area contributed by atoms with Gasteiger partial charge in [0.05, 0.1) is 24.2 Å². The summed E-state index contributed by atoms with van der Waals surface area (Å²) in [5.41, 5.74) is 2.35. The van der Waals surface area contributed by atoms with Crippen molar-refractivity contribution in [3.05, 3.63) is 63.9 Å². The van der Waals surface area contributed by atoms with Crippen LogP contribution in [0.1, 0.15) is 26.5 Å². The average Bonchev–Trinajstić information content (AvgIpc) is 3.08. The third kappa shape index (κ3) is 4.29. The molecule has 29 heavy (non-hydrogen) atoms. The van der Waals surface area contributed by atoms with Crippen molar-refractivity contribution in [1.82, 2.24) is 19.9 Å². The molecule has 9 heteroatoms. The van der Waals surface area contributed by atoms with E-state index in [2.05, 4.69) is 31.6 Å². The normalized spacial score (nSPS) is 10.5. The minimum Gasteiger partial charge on any atom is -0.495 e. The zero-order valence-corrected chi connectivity index (χ0v) is 18.0. The van der Waals surface area contributed by atoms with Crippen LogP contribution in [-0.4, -0.2) is 52.9 Å². The molecule has 0 unspecified atom stereocenters. The van der Waals surface area contributed by atoms with Crippen LogP contribution in [0.3, 0.4) is 0 Å². The Hall–Kier alpha value is -3.20. The van der Waals surface area contributed by atoms with Crippen molar-refractivity contribution in [3.63, 3.8) is 0 Å². The number of ether oxygens (including phenoxy) is 1. The summed E-state index contributed by atoms with van der Waals surface area (Å²) in [7, 11) is 4.82. The second kappa shape index (κ2) is 8.44. The third-order valence-electron chi connectivity index (χ3n) is 4.26. The van der Waals surface area contributed by atoms with Gasteiger partial charge in [-0.3, -0.25) is 9.59 Å². The molecule has 3 aromatic rings. The van der Waals surface area contributed by atoms with E-state index in [-0.39, 0.29) is 11.6 Å². The Labute approximate surface area is 176 Å². The number of rotatable bonds is 5. The summed E-state index contributed by atoms with van der Waals surface area (Å²) >= 11 is 3.42. The summed E-state index contributed by atoms with van der Waals surface area (Å²) in [6, 6.07) is 12.4. The number of halogens is 1. The highest BCUT2D eigenvalue weighted by Crippen LogP contribution is 2.27. The molecule has 1 aromatic heterocycles. The molecule has 0 atom stereocenters. The molecule has 0 spiro atoms. The minimum absolute atomic E-state index is 0.177. The van der Waals surface area contributed by atoms with Crippen molar-refractivity contribution in [2.75, 3.05) is 26.5 Å².